The van der Waals surface area contributed by atoms with E-state index >= 15 is 0 Å². The minimum atomic E-state index is -2.22. The Balaban J connectivity index is 0.0000113. The van der Waals surface area contributed by atoms with E-state index in [1.807, 2.05) is 24.3 Å². The molecule has 12 unspecified atom stereocenters. The van der Waals surface area contributed by atoms with Crippen molar-refractivity contribution in [2.45, 2.75) is 151 Å². The number of aliphatic hydroxyl groups excluding tert-OH is 6. The van der Waals surface area contributed by atoms with Crippen LogP contribution in [0, 0.1) is 5.92 Å². The molecule has 1 aromatic heterocycles. The molecule has 0 spiro atoms. The zero-order valence-corrected chi connectivity index (χ0v) is 52.2. The molecule has 8 rings (SSSR count). The monoisotopic (exact) mass is 1290 g/mol. The van der Waals surface area contributed by atoms with E-state index in [9.17, 15) is 79.4 Å². The van der Waals surface area contributed by atoms with Crippen molar-refractivity contribution in [3.05, 3.63) is 77.9 Å². The summed E-state index contributed by atoms with van der Waals surface area (Å²) in [5.74, 6) is -10.4. The van der Waals surface area contributed by atoms with Crippen molar-refractivity contribution >= 4 is 70.9 Å². The molecule has 0 radical (unpaired) electrons. The van der Waals surface area contributed by atoms with Crippen LogP contribution >= 0.6 is 23.7 Å². The summed E-state index contributed by atoms with van der Waals surface area (Å²) in [5.41, 5.74) is 6.87. The minimum absolute atomic E-state index is 0. The fourth-order valence-electron chi connectivity index (χ4n) is 10.9. The largest absolute Gasteiger partial charge is 1.00 e. The number of nitrogens with one attached hydrogen (secondary N) is 5. The van der Waals surface area contributed by atoms with Crippen molar-refractivity contribution in [1.29, 1.82) is 0 Å². The molecule has 3 aromatic carbocycles. The number of hydrogen-bond acceptors (Lipinski definition) is 24. The number of nitrogens with two attached hydrogens (primary N) is 1. The number of aromatic hydroxyl groups is 1. The van der Waals surface area contributed by atoms with Crippen molar-refractivity contribution in [1.82, 2.24) is 46.6 Å². The Kier molecular flexibility index (Phi) is 25.0. The summed E-state index contributed by atoms with van der Waals surface area (Å²) in [6.45, 7) is 0.854. The number of nitrogens with zero attached hydrogens (tertiary/aromatic N) is 4. The topological polar surface area (TPSA) is 457 Å². The van der Waals surface area contributed by atoms with E-state index < -0.39 is 177 Å². The van der Waals surface area contributed by atoms with Crippen LogP contribution in [0.1, 0.15) is 81.1 Å². The molecule has 4 fully saturated rings. The Morgan fingerprint density at radius 3 is 2.06 bits per heavy atom. The molecule has 14 N–H and O–H groups in total. The Morgan fingerprint density at radius 2 is 1.42 bits per heavy atom. The van der Waals surface area contributed by atoms with Crippen LogP contribution in [0.3, 0.4) is 0 Å². The van der Waals surface area contributed by atoms with Gasteiger partial charge in [0, 0.05) is 61.5 Å². The first-order valence-corrected chi connectivity index (χ1v) is 29.8. The third kappa shape index (κ3) is 17.9. The van der Waals surface area contributed by atoms with Gasteiger partial charge in [-0.1, -0.05) is 42.9 Å². The average Bonchev–Trinajstić information content (AvgIpc) is 2.60. The van der Waals surface area contributed by atoms with Crippen LogP contribution in [0.25, 0.3) is 21.1 Å². The molecule has 4 aliphatic rings. The third-order valence-corrected chi connectivity index (χ3v) is 17.0. The van der Waals surface area contributed by atoms with Crippen LogP contribution in [0.4, 0.5) is 0 Å². The number of β-amino-alcohol motifs (C(OH)–C–C–N with tert-alkyl or cyclic N) is 1. The fraction of sp³-hybridized carbons (Fsp3) is 0.500. The van der Waals surface area contributed by atoms with Gasteiger partial charge < -0.3 is 92.0 Å². The van der Waals surface area contributed by atoms with E-state index in [4.69, 9.17) is 14.7 Å². The van der Waals surface area contributed by atoms with Crippen molar-refractivity contribution in [3.63, 3.8) is 0 Å². The fourth-order valence-corrected chi connectivity index (χ4v) is 12.0. The zero-order chi connectivity index (χ0) is 63.5. The summed E-state index contributed by atoms with van der Waals surface area (Å²) in [5, 5.41) is 114. The van der Waals surface area contributed by atoms with E-state index in [0.29, 0.717) is 15.6 Å². The minimum Gasteiger partial charge on any atom is -0.691 e. The molecule has 89 heavy (non-hydrogen) atoms. The summed E-state index contributed by atoms with van der Waals surface area (Å²) in [4.78, 5) is 115. The molecule has 8 amide bonds. The SMILES string of the molecule is CC(O)C1NC(=O)[C@@H](NC(=O)c2ccc(-c3nnc(-c4ccc(OC5CCCCC5)cc4)s3)cc2)CC(O)CNC(=O)C2C(O)C(C)CN2C(=O)C(C(O)CC(N)=O)NC(=O)C(C(O)Cc2ccc(O)c(OSOO[O-])c2)NC(=O)C2CC(O)CN2C1=O.[Na+]. The molecule has 4 heterocycles. The molecule has 13 atom stereocenters. The Bertz CT molecular complexity index is 3150. The first kappa shape index (κ1) is 69.8. The second kappa shape index (κ2) is 31.9. The summed E-state index contributed by atoms with van der Waals surface area (Å²) in [6, 6.07) is 5.39. The Morgan fingerprint density at radius 1 is 0.787 bits per heavy atom. The molecular weight excluding hydrogens is 1220 g/mol. The van der Waals surface area contributed by atoms with E-state index in [1.165, 1.54) is 42.9 Å². The number of primary amides is 1. The molecule has 30 nitrogen and oxygen atoms in total. The molecular formula is C56H69N10NaO20S2. The number of carbonyl (C=O) groups is 8. The maximum atomic E-state index is 14.7. The number of carbonyl (C=O) groups excluding carboxylic acids is 8. The van der Waals surface area contributed by atoms with Gasteiger partial charge >= 0.3 is 29.6 Å². The second-order valence-corrected chi connectivity index (χ2v) is 23.6. The van der Waals surface area contributed by atoms with Gasteiger partial charge in [-0.05, 0) is 86.7 Å². The van der Waals surface area contributed by atoms with Crippen LogP contribution in [0.15, 0.2) is 66.7 Å². The quantitative estimate of drug-likeness (QED) is 0.0154. The third-order valence-electron chi connectivity index (χ3n) is 15.6. The van der Waals surface area contributed by atoms with Gasteiger partial charge in [0.1, 0.15) is 52.0 Å². The van der Waals surface area contributed by atoms with Gasteiger partial charge in [-0.15, -0.1) is 14.5 Å². The van der Waals surface area contributed by atoms with Gasteiger partial charge in [-0.25, -0.2) is 0 Å². The maximum absolute atomic E-state index is 14.7. The molecule has 4 aromatic rings. The van der Waals surface area contributed by atoms with Gasteiger partial charge in [-0.2, -0.15) is 0 Å². The predicted molar refractivity (Wildman–Crippen MR) is 305 cm³/mol. The summed E-state index contributed by atoms with van der Waals surface area (Å²) >= 11 is 1.29. The van der Waals surface area contributed by atoms with Crippen LogP contribution in [-0.4, -0.2) is 202 Å². The smallest absolute Gasteiger partial charge is 0.691 e. The first-order valence-electron chi connectivity index (χ1n) is 28.3. The van der Waals surface area contributed by atoms with Crippen molar-refractivity contribution < 1.29 is 127 Å². The van der Waals surface area contributed by atoms with E-state index in [2.05, 4.69) is 46.2 Å². The number of aliphatic hydroxyl groups is 6. The van der Waals surface area contributed by atoms with E-state index in [0.717, 1.165) is 65.9 Å². The van der Waals surface area contributed by atoms with Gasteiger partial charge in [-0.3, -0.25) is 43.4 Å². The molecule has 1 aliphatic carbocycles. The Labute approximate surface area is 539 Å². The second-order valence-electron chi connectivity index (χ2n) is 22.2. The van der Waals surface area contributed by atoms with Gasteiger partial charge in [0.2, 0.25) is 41.4 Å². The van der Waals surface area contributed by atoms with Crippen molar-refractivity contribution in [3.8, 4) is 38.4 Å². The zero-order valence-electron chi connectivity index (χ0n) is 48.5. The van der Waals surface area contributed by atoms with Gasteiger partial charge in [0.05, 0.1) is 49.1 Å². The van der Waals surface area contributed by atoms with Gasteiger partial charge in [0.25, 0.3) is 18.2 Å². The van der Waals surface area contributed by atoms with Crippen LogP contribution < -0.4 is 76.1 Å². The molecule has 33 heteroatoms. The van der Waals surface area contributed by atoms with Crippen molar-refractivity contribution in [2.24, 2.45) is 11.7 Å². The molecule has 1 saturated carbocycles. The number of phenols is 1. The first-order chi connectivity index (χ1) is 42.0. The normalized spacial score (nSPS) is 26.2. The predicted octanol–water partition coefficient (Wildman–Crippen LogP) is -5.72. The number of hydrogen-bond donors (Lipinski definition) is 13. The van der Waals surface area contributed by atoms with Gasteiger partial charge in [0.15, 0.2) is 11.5 Å². The number of fused-ring (bicyclic) bond motifs is 2. The summed E-state index contributed by atoms with van der Waals surface area (Å²) in [6.07, 6.45) is -7.97. The molecule has 3 aliphatic heterocycles. The van der Waals surface area contributed by atoms with Crippen LogP contribution in [-0.2, 0) is 49.4 Å². The average molecular weight is 1290 g/mol. The maximum Gasteiger partial charge on any atom is 1.00 e. The van der Waals surface area contributed by atoms with Crippen molar-refractivity contribution in [2.75, 3.05) is 19.6 Å². The van der Waals surface area contributed by atoms with E-state index in [1.54, 1.807) is 12.1 Å². The molecule has 476 valence electrons. The summed E-state index contributed by atoms with van der Waals surface area (Å²) < 4.78 is 15.3. The number of aromatic nitrogens is 2. The number of benzene rings is 3. The molecule has 3 saturated heterocycles. The summed E-state index contributed by atoms with van der Waals surface area (Å²) in [7, 11) is 0. The van der Waals surface area contributed by atoms with Crippen LogP contribution in [0.5, 0.6) is 17.2 Å². The van der Waals surface area contributed by atoms with Crippen LogP contribution in [0.2, 0.25) is 0 Å². The standard InChI is InChI=1S/C56H70N10O20S2.Na/c1-26-24-66-46(47(26)74)52(79)58-23-32(68)20-36(59-48(75)29-9-11-30(12-10-29)53-63-64-54(87-53)31-13-15-35(16-14-31)83-34-6-4-3-5-7-34)49(76)60-43(27(2)67)55(80)65-25-33(69)21-37(65)50(77)61-44(51(78)62-45(56(66)81)40(72)22-42(57)73)39(71)18-28-8-17-38(70)41(19-28)84-88-86-85-82;/h8-17,19,26-27,32-34,36-37,39-40,43-47,67-72,74,82H,3-7,18,20-25H2,1-2H3,(H2,57,73)(H,58,79)(H,59,75)(H,60,76)(H,61,77)(H,62,78);/q;+1/p-1/t26?,27?,32?,33?,36-,37?,39?,40?,43?,44?,45?,46?,47?;/m0./s1. The number of ether oxygens (including phenoxy) is 1. The number of amides is 8. The number of phenolic OH excluding ortho intramolecular Hbond substituents is 1. The number of rotatable bonds is 17. The molecule has 0 bridgehead atoms. The Hall–Kier alpha value is -6.63. The van der Waals surface area contributed by atoms with E-state index in [-0.39, 0.29) is 64.9 Å².